The largest absolute Gasteiger partial charge is 0.397 e. The Kier molecular flexibility index (Phi) is 3.92. The van der Waals surface area contributed by atoms with Crippen LogP contribution in [0.2, 0.25) is 0 Å². The monoisotopic (exact) mass is 267 g/mol. The molecule has 1 aromatic rings. The molecule has 0 spiro atoms. The molecular formula is C13H21N3OS. The number of anilines is 2. The van der Waals surface area contributed by atoms with Crippen LogP contribution in [0, 0.1) is 0 Å². The third kappa shape index (κ3) is 2.67. The van der Waals surface area contributed by atoms with E-state index in [1.807, 2.05) is 6.07 Å². The van der Waals surface area contributed by atoms with Crippen LogP contribution >= 0.6 is 11.3 Å². The van der Waals surface area contributed by atoms with Crippen molar-refractivity contribution in [2.24, 2.45) is 0 Å². The van der Waals surface area contributed by atoms with Gasteiger partial charge in [0.15, 0.2) is 5.78 Å². The maximum absolute atomic E-state index is 11.4. The standard InChI is InChI=1S/C13H21N3OS/c1-9(17)13-11(14)8-12(18-13)16-6-4-10(5-7-16)15(2)3/h8,10H,4-7,14H2,1-3H3. The first-order valence-corrected chi connectivity index (χ1v) is 7.12. The quantitative estimate of drug-likeness (QED) is 0.852. The molecule has 1 aliphatic heterocycles. The van der Waals surface area contributed by atoms with Crippen molar-refractivity contribution in [1.82, 2.24) is 4.90 Å². The highest BCUT2D eigenvalue weighted by molar-refractivity contribution is 7.18. The van der Waals surface area contributed by atoms with Gasteiger partial charge in [-0.2, -0.15) is 0 Å². The van der Waals surface area contributed by atoms with Crippen molar-refractivity contribution in [1.29, 1.82) is 0 Å². The van der Waals surface area contributed by atoms with Crippen LogP contribution < -0.4 is 10.6 Å². The van der Waals surface area contributed by atoms with Gasteiger partial charge < -0.3 is 15.5 Å². The Morgan fingerprint density at radius 1 is 1.44 bits per heavy atom. The van der Waals surface area contributed by atoms with Crippen LogP contribution in [0.25, 0.3) is 0 Å². The zero-order valence-electron chi connectivity index (χ0n) is 11.3. The summed E-state index contributed by atoms with van der Waals surface area (Å²) in [4.78, 5) is 16.7. The van der Waals surface area contributed by atoms with Gasteiger partial charge in [0.1, 0.15) is 0 Å². The lowest BCUT2D eigenvalue weighted by molar-refractivity contribution is 0.102. The first kappa shape index (κ1) is 13.4. The van der Waals surface area contributed by atoms with Crippen molar-refractivity contribution >= 4 is 27.8 Å². The van der Waals surface area contributed by atoms with Crippen LogP contribution in [-0.4, -0.2) is 43.9 Å². The number of ketones is 1. The molecular weight excluding hydrogens is 246 g/mol. The van der Waals surface area contributed by atoms with Gasteiger partial charge in [-0.25, -0.2) is 0 Å². The van der Waals surface area contributed by atoms with Gasteiger partial charge in [-0.15, -0.1) is 11.3 Å². The highest BCUT2D eigenvalue weighted by Crippen LogP contribution is 2.34. The minimum Gasteiger partial charge on any atom is -0.397 e. The van der Waals surface area contributed by atoms with Crippen molar-refractivity contribution in [3.05, 3.63) is 10.9 Å². The van der Waals surface area contributed by atoms with E-state index in [1.165, 1.54) is 24.2 Å². The summed E-state index contributed by atoms with van der Waals surface area (Å²) in [6, 6.07) is 2.61. The minimum absolute atomic E-state index is 0.0620. The molecule has 18 heavy (non-hydrogen) atoms. The van der Waals surface area contributed by atoms with Gasteiger partial charge in [-0.05, 0) is 33.0 Å². The predicted octanol–water partition coefficient (Wildman–Crippen LogP) is 2.06. The average molecular weight is 267 g/mol. The molecule has 5 heteroatoms. The van der Waals surface area contributed by atoms with Gasteiger partial charge in [-0.1, -0.05) is 0 Å². The number of rotatable bonds is 3. The van der Waals surface area contributed by atoms with Gasteiger partial charge >= 0.3 is 0 Å². The summed E-state index contributed by atoms with van der Waals surface area (Å²) in [5.41, 5.74) is 6.50. The lowest BCUT2D eigenvalue weighted by Gasteiger charge is -2.35. The van der Waals surface area contributed by atoms with E-state index in [9.17, 15) is 4.79 Å². The fourth-order valence-electron chi connectivity index (χ4n) is 2.43. The molecule has 0 radical (unpaired) electrons. The molecule has 100 valence electrons. The first-order chi connectivity index (χ1) is 8.49. The molecule has 4 nitrogen and oxygen atoms in total. The van der Waals surface area contributed by atoms with Crippen LogP contribution in [0.3, 0.4) is 0 Å². The molecule has 2 N–H and O–H groups in total. The van der Waals surface area contributed by atoms with Crippen LogP contribution in [0.4, 0.5) is 10.7 Å². The maximum atomic E-state index is 11.4. The normalized spacial score (nSPS) is 17.4. The van der Waals surface area contributed by atoms with Crippen LogP contribution in [-0.2, 0) is 0 Å². The van der Waals surface area contributed by atoms with E-state index in [4.69, 9.17) is 5.73 Å². The average Bonchev–Trinajstić information content (AvgIpc) is 2.71. The van der Waals surface area contributed by atoms with E-state index >= 15 is 0 Å². The van der Waals surface area contributed by atoms with Crippen molar-refractivity contribution < 1.29 is 4.79 Å². The third-order valence-electron chi connectivity index (χ3n) is 3.57. The van der Waals surface area contributed by atoms with Gasteiger partial charge in [0.25, 0.3) is 0 Å². The number of nitrogen functional groups attached to an aromatic ring is 1. The van der Waals surface area contributed by atoms with Crippen molar-refractivity contribution in [2.75, 3.05) is 37.8 Å². The number of nitrogens with zero attached hydrogens (tertiary/aromatic N) is 2. The van der Waals surface area contributed by atoms with Crippen molar-refractivity contribution in [3.8, 4) is 0 Å². The van der Waals surface area contributed by atoms with E-state index in [-0.39, 0.29) is 5.78 Å². The molecule has 1 aromatic heterocycles. The molecule has 0 aromatic carbocycles. The Hall–Kier alpha value is -1.07. The number of piperidine rings is 1. The Balaban J connectivity index is 2.06. The number of hydrogen-bond acceptors (Lipinski definition) is 5. The summed E-state index contributed by atoms with van der Waals surface area (Å²) in [7, 11) is 4.27. The maximum Gasteiger partial charge on any atom is 0.171 e. The SMILES string of the molecule is CC(=O)c1sc(N2CCC(N(C)C)CC2)cc1N. The minimum atomic E-state index is 0.0620. The van der Waals surface area contributed by atoms with Crippen LogP contribution in [0.15, 0.2) is 6.07 Å². The second-order valence-corrected chi connectivity index (χ2v) is 6.14. The molecule has 0 atom stereocenters. The number of carbonyl (C=O) groups excluding carboxylic acids is 1. The number of Topliss-reactive ketones (excluding diaryl/α,β-unsaturated/α-hetero) is 1. The summed E-state index contributed by atoms with van der Waals surface area (Å²) in [5.74, 6) is 0.0620. The van der Waals surface area contributed by atoms with E-state index in [0.29, 0.717) is 16.6 Å². The Bertz CT molecular complexity index is 433. The zero-order chi connectivity index (χ0) is 13.3. The first-order valence-electron chi connectivity index (χ1n) is 6.30. The smallest absolute Gasteiger partial charge is 0.171 e. The molecule has 0 bridgehead atoms. The molecule has 0 unspecified atom stereocenters. The summed E-state index contributed by atoms with van der Waals surface area (Å²) in [5, 5.41) is 1.13. The molecule has 0 amide bonds. The lowest BCUT2D eigenvalue weighted by atomic mass is 10.0. The lowest BCUT2D eigenvalue weighted by Crippen LogP contribution is -2.41. The molecule has 1 fully saturated rings. The van der Waals surface area contributed by atoms with E-state index in [2.05, 4.69) is 23.9 Å². The Morgan fingerprint density at radius 2 is 2.06 bits per heavy atom. The summed E-state index contributed by atoms with van der Waals surface area (Å²) >= 11 is 1.52. The molecule has 0 aliphatic carbocycles. The van der Waals surface area contributed by atoms with Crippen molar-refractivity contribution in [3.63, 3.8) is 0 Å². The van der Waals surface area contributed by atoms with Gasteiger partial charge in [-0.3, -0.25) is 4.79 Å². The zero-order valence-corrected chi connectivity index (χ0v) is 12.1. The molecule has 1 aliphatic rings. The number of nitrogens with two attached hydrogens (primary N) is 1. The fraction of sp³-hybridized carbons (Fsp3) is 0.615. The van der Waals surface area contributed by atoms with Gasteiger partial charge in [0.2, 0.25) is 0 Å². The van der Waals surface area contributed by atoms with Gasteiger partial charge in [0.05, 0.1) is 15.6 Å². The van der Waals surface area contributed by atoms with Crippen molar-refractivity contribution in [2.45, 2.75) is 25.8 Å². The molecule has 2 heterocycles. The van der Waals surface area contributed by atoms with Gasteiger partial charge in [0, 0.05) is 26.1 Å². The van der Waals surface area contributed by atoms with E-state index < -0.39 is 0 Å². The fourth-order valence-corrected chi connectivity index (χ4v) is 3.45. The Morgan fingerprint density at radius 3 is 2.50 bits per heavy atom. The van der Waals surface area contributed by atoms with E-state index in [0.717, 1.165) is 18.1 Å². The summed E-state index contributed by atoms with van der Waals surface area (Å²) in [6.07, 6.45) is 2.33. The Labute approximate surface area is 112 Å². The molecule has 2 rings (SSSR count). The number of carbonyl (C=O) groups is 1. The third-order valence-corrected chi connectivity index (χ3v) is 4.89. The van der Waals surface area contributed by atoms with Crippen LogP contribution in [0.5, 0.6) is 0 Å². The van der Waals surface area contributed by atoms with E-state index in [1.54, 1.807) is 6.92 Å². The second-order valence-electron chi connectivity index (χ2n) is 5.11. The topological polar surface area (TPSA) is 49.6 Å². The highest BCUT2D eigenvalue weighted by atomic mass is 32.1. The summed E-state index contributed by atoms with van der Waals surface area (Å²) < 4.78 is 0. The van der Waals surface area contributed by atoms with Crippen LogP contribution in [0.1, 0.15) is 29.4 Å². The number of hydrogen-bond donors (Lipinski definition) is 1. The number of thiophene rings is 1. The second kappa shape index (κ2) is 5.28. The summed E-state index contributed by atoms with van der Waals surface area (Å²) in [6.45, 7) is 3.66. The highest BCUT2D eigenvalue weighted by Gasteiger charge is 2.23. The molecule has 1 saturated heterocycles. The molecule has 0 saturated carbocycles. The predicted molar refractivity (Wildman–Crippen MR) is 77.7 cm³/mol.